The summed E-state index contributed by atoms with van der Waals surface area (Å²) in [4.78, 5) is 16.9. The number of hydrogen-bond acceptors (Lipinski definition) is 3. The zero-order valence-electron chi connectivity index (χ0n) is 14.8. The first-order valence-electron chi connectivity index (χ1n) is 8.57. The molecule has 1 aromatic heterocycles. The van der Waals surface area contributed by atoms with Gasteiger partial charge in [0.15, 0.2) is 0 Å². The highest BCUT2D eigenvalue weighted by Gasteiger charge is 2.26. The van der Waals surface area contributed by atoms with Crippen molar-refractivity contribution >= 4 is 5.91 Å². The van der Waals surface area contributed by atoms with Crippen molar-refractivity contribution in [1.82, 2.24) is 19.6 Å². The van der Waals surface area contributed by atoms with Crippen LogP contribution in [0, 0.1) is 6.92 Å². The van der Waals surface area contributed by atoms with Crippen molar-refractivity contribution in [3.05, 3.63) is 53.3 Å². The van der Waals surface area contributed by atoms with Crippen molar-refractivity contribution in [1.29, 1.82) is 0 Å². The van der Waals surface area contributed by atoms with E-state index in [9.17, 15) is 4.79 Å². The maximum Gasteiger partial charge on any atom is 0.257 e. The minimum absolute atomic E-state index is 0.0699. The van der Waals surface area contributed by atoms with Gasteiger partial charge in [-0.05, 0) is 30.9 Å². The van der Waals surface area contributed by atoms with Crippen LogP contribution < -0.4 is 0 Å². The molecule has 1 saturated heterocycles. The minimum atomic E-state index is 0.0699. The van der Waals surface area contributed by atoms with E-state index in [2.05, 4.69) is 41.2 Å². The summed E-state index contributed by atoms with van der Waals surface area (Å²) in [6, 6.07) is 8.88. The van der Waals surface area contributed by atoms with Crippen molar-refractivity contribution in [2.45, 2.75) is 32.4 Å². The van der Waals surface area contributed by atoms with Gasteiger partial charge in [-0.2, -0.15) is 5.10 Å². The molecule has 0 radical (unpaired) electrons. The Balaban J connectivity index is 1.55. The van der Waals surface area contributed by atoms with Crippen LogP contribution in [-0.4, -0.2) is 51.7 Å². The van der Waals surface area contributed by atoms with Crippen LogP contribution in [0.25, 0.3) is 0 Å². The molecule has 24 heavy (non-hydrogen) atoms. The Labute approximate surface area is 143 Å². The molecule has 0 spiro atoms. The fraction of sp³-hybridized carbons (Fsp3) is 0.474. The monoisotopic (exact) mass is 326 g/mol. The number of hydrogen-bond donors (Lipinski definition) is 0. The van der Waals surface area contributed by atoms with Gasteiger partial charge in [0.25, 0.3) is 5.91 Å². The van der Waals surface area contributed by atoms with Gasteiger partial charge in [-0.15, -0.1) is 0 Å². The van der Waals surface area contributed by atoms with Crippen molar-refractivity contribution in [3.63, 3.8) is 0 Å². The Morgan fingerprint density at radius 3 is 2.62 bits per heavy atom. The highest BCUT2D eigenvalue weighted by molar-refractivity contribution is 5.93. The predicted octanol–water partition coefficient (Wildman–Crippen LogP) is 2.47. The van der Waals surface area contributed by atoms with E-state index >= 15 is 0 Å². The number of piperidine rings is 1. The highest BCUT2D eigenvalue weighted by Crippen LogP contribution is 2.20. The Kier molecular flexibility index (Phi) is 5.00. The number of carbonyl (C=O) groups is 1. The van der Waals surface area contributed by atoms with Crippen LogP contribution >= 0.6 is 0 Å². The number of rotatable bonds is 4. The van der Waals surface area contributed by atoms with Crippen LogP contribution in [0.15, 0.2) is 36.7 Å². The Morgan fingerprint density at radius 1 is 1.29 bits per heavy atom. The van der Waals surface area contributed by atoms with Gasteiger partial charge in [0, 0.05) is 46.0 Å². The molecule has 3 rings (SSSR count). The quantitative estimate of drug-likeness (QED) is 0.867. The third-order valence-corrected chi connectivity index (χ3v) is 5.03. The molecular formula is C19H26N4O. The van der Waals surface area contributed by atoms with E-state index in [1.54, 1.807) is 17.1 Å². The summed E-state index contributed by atoms with van der Waals surface area (Å²) in [6.07, 6.45) is 5.47. The number of amides is 1. The van der Waals surface area contributed by atoms with E-state index in [1.165, 1.54) is 11.1 Å². The minimum Gasteiger partial charge on any atom is -0.339 e. The molecular weight excluding hydrogens is 300 g/mol. The fourth-order valence-electron chi connectivity index (χ4n) is 3.39. The molecule has 128 valence electrons. The zero-order valence-corrected chi connectivity index (χ0v) is 14.8. The van der Waals surface area contributed by atoms with Crippen LogP contribution in [-0.2, 0) is 13.6 Å². The van der Waals surface area contributed by atoms with Crippen LogP contribution in [0.1, 0.15) is 34.3 Å². The van der Waals surface area contributed by atoms with Gasteiger partial charge < -0.3 is 4.90 Å². The molecule has 0 N–H and O–H groups in total. The number of aromatic nitrogens is 2. The third kappa shape index (κ3) is 3.67. The first kappa shape index (κ1) is 16.7. The summed E-state index contributed by atoms with van der Waals surface area (Å²) in [7, 11) is 3.75. The van der Waals surface area contributed by atoms with Gasteiger partial charge in [-0.3, -0.25) is 14.4 Å². The van der Waals surface area contributed by atoms with E-state index in [0.717, 1.165) is 32.5 Å². The summed E-state index contributed by atoms with van der Waals surface area (Å²) < 4.78 is 1.67. The molecule has 1 aromatic carbocycles. The van der Waals surface area contributed by atoms with Gasteiger partial charge in [-0.25, -0.2) is 0 Å². The smallest absolute Gasteiger partial charge is 0.257 e. The second kappa shape index (κ2) is 7.18. The Morgan fingerprint density at radius 2 is 2.00 bits per heavy atom. The van der Waals surface area contributed by atoms with Gasteiger partial charge in [0.2, 0.25) is 0 Å². The largest absolute Gasteiger partial charge is 0.339 e. The molecule has 0 saturated carbocycles. The number of carbonyl (C=O) groups excluding carboxylic acids is 1. The average molecular weight is 326 g/mol. The van der Waals surface area contributed by atoms with Gasteiger partial charge in [0.1, 0.15) is 0 Å². The predicted molar refractivity (Wildman–Crippen MR) is 94.8 cm³/mol. The molecule has 0 unspecified atom stereocenters. The van der Waals surface area contributed by atoms with Crippen LogP contribution in [0.4, 0.5) is 0 Å². The topological polar surface area (TPSA) is 41.4 Å². The van der Waals surface area contributed by atoms with E-state index in [0.29, 0.717) is 11.6 Å². The van der Waals surface area contributed by atoms with Crippen molar-refractivity contribution in [3.8, 4) is 0 Å². The third-order valence-electron chi connectivity index (χ3n) is 5.03. The Bertz CT molecular complexity index is 701. The number of aryl methyl sites for hydroxylation is 2. The molecule has 5 heteroatoms. The van der Waals surface area contributed by atoms with Crippen LogP contribution in [0.3, 0.4) is 0 Å². The molecule has 1 aliphatic heterocycles. The normalized spacial score (nSPS) is 16.3. The molecule has 0 atom stereocenters. The van der Waals surface area contributed by atoms with Gasteiger partial charge in [0.05, 0.1) is 11.8 Å². The lowest BCUT2D eigenvalue weighted by Crippen LogP contribution is -2.45. The lowest BCUT2D eigenvalue weighted by atomic mass is 10.0. The fourth-order valence-corrected chi connectivity index (χ4v) is 3.39. The van der Waals surface area contributed by atoms with Crippen molar-refractivity contribution in [2.75, 3.05) is 20.1 Å². The summed E-state index contributed by atoms with van der Waals surface area (Å²) in [6.45, 7) is 5.23. The number of likely N-dealkylation sites (tertiary alicyclic amines) is 1. The van der Waals surface area contributed by atoms with Crippen LogP contribution in [0.5, 0.6) is 0 Å². The summed E-state index contributed by atoms with van der Waals surface area (Å²) >= 11 is 0. The Hall–Kier alpha value is -2.14. The average Bonchev–Trinajstić information content (AvgIpc) is 3.03. The first-order chi connectivity index (χ1) is 11.5. The van der Waals surface area contributed by atoms with E-state index in [1.807, 2.05) is 19.0 Å². The van der Waals surface area contributed by atoms with Gasteiger partial charge in [-0.1, -0.05) is 24.3 Å². The molecule has 2 aromatic rings. The van der Waals surface area contributed by atoms with E-state index < -0.39 is 0 Å². The van der Waals surface area contributed by atoms with Crippen LogP contribution in [0.2, 0.25) is 0 Å². The number of benzene rings is 1. The molecule has 1 aliphatic rings. The molecule has 5 nitrogen and oxygen atoms in total. The lowest BCUT2D eigenvalue weighted by molar-refractivity contribution is 0.0636. The van der Waals surface area contributed by atoms with E-state index in [-0.39, 0.29) is 5.91 Å². The van der Waals surface area contributed by atoms with Crippen molar-refractivity contribution < 1.29 is 4.79 Å². The molecule has 2 heterocycles. The SMILES string of the molecule is Cc1ccccc1CN1CCC(N(C)C(=O)c2cnn(C)c2)CC1. The van der Waals surface area contributed by atoms with E-state index in [4.69, 9.17) is 0 Å². The summed E-state index contributed by atoms with van der Waals surface area (Å²) in [5.74, 6) is 0.0699. The molecule has 1 amide bonds. The van der Waals surface area contributed by atoms with Crippen molar-refractivity contribution in [2.24, 2.45) is 7.05 Å². The maximum atomic E-state index is 12.5. The second-order valence-electron chi connectivity index (χ2n) is 6.75. The molecule has 1 fully saturated rings. The molecule has 0 bridgehead atoms. The lowest BCUT2D eigenvalue weighted by Gasteiger charge is -2.36. The summed E-state index contributed by atoms with van der Waals surface area (Å²) in [5, 5.41) is 4.09. The second-order valence-corrected chi connectivity index (χ2v) is 6.75. The molecule has 0 aliphatic carbocycles. The standard InChI is InChI=1S/C19H26N4O/c1-15-6-4-5-7-16(15)14-23-10-8-18(9-11-23)22(3)19(24)17-12-20-21(2)13-17/h4-7,12-13,18H,8-11,14H2,1-3H3. The first-order valence-corrected chi connectivity index (χ1v) is 8.57. The van der Waals surface area contributed by atoms with Gasteiger partial charge >= 0.3 is 0 Å². The maximum absolute atomic E-state index is 12.5. The zero-order chi connectivity index (χ0) is 17.1. The number of nitrogens with zero attached hydrogens (tertiary/aromatic N) is 4. The summed E-state index contributed by atoms with van der Waals surface area (Å²) in [5.41, 5.74) is 3.42. The highest BCUT2D eigenvalue weighted by atomic mass is 16.2.